The lowest BCUT2D eigenvalue weighted by Gasteiger charge is -2.12. The summed E-state index contributed by atoms with van der Waals surface area (Å²) in [5.41, 5.74) is 5.80. The lowest BCUT2D eigenvalue weighted by atomic mass is 10.0. The van der Waals surface area contributed by atoms with Gasteiger partial charge in [0.15, 0.2) is 0 Å². The van der Waals surface area contributed by atoms with Crippen LogP contribution in [0.3, 0.4) is 0 Å². The molecule has 0 radical (unpaired) electrons. The second-order valence-electron chi connectivity index (χ2n) is 8.73. The molecule has 3 rings (SSSR count). The van der Waals surface area contributed by atoms with Gasteiger partial charge < -0.3 is 14.6 Å². The molecule has 0 atom stereocenters. The van der Waals surface area contributed by atoms with Crippen LogP contribution in [0.2, 0.25) is 0 Å². The fourth-order valence-corrected chi connectivity index (χ4v) is 3.76. The lowest BCUT2D eigenvalue weighted by Crippen LogP contribution is -2.14. The van der Waals surface area contributed by atoms with Crippen LogP contribution in [0.15, 0.2) is 60.2 Å². The van der Waals surface area contributed by atoms with E-state index in [9.17, 15) is 10.1 Å². The Morgan fingerprint density at radius 3 is 2.36 bits per heavy atom. The molecule has 3 aromatic rings. The number of aryl methyl sites for hydroxylation is 1. The van der Waals surface area contributed by atoms with Crippen molar-refractivity contribution in [3.63, 3.8) is 0 Å². The van der Waals surface area contributed by atoms with Crippen LogP contribution in [0.4, 0.5) is 5.69 Å². The number of rotatable bonds is 7. The summed E-state index contributed by atoms with van der Waals surface area (Å²) in [6, 6.07) is 19.7. The number of nitrogens with one attached hydrogen (secondary N) is 1. The quantitative estimate of drug-likeness (QED) is 0.334. The van der Waals surface area contributed by atoms with Crippen molar-refractivity contribution in [2.75, 3.05) is 5.32 Å². The van der Waals surface area contributed by atoms with E-state index in [0.717, 1.165) is 22.6 Å². The van der Waals surface area contributed by atoms with E-state index < -0.39 is 5.91 Å². The van der Waals surface area contributed by atoms with Gasteiger partial charge in [0.1, 0.15) is 17.4 Å². The monoisotopic (exact) mass is 441 g/mol. The number of amides is 1. The number of benzene rings is 2. The van der Waals surface area contributed by atoms with Gasteiger partial charge in [-0.2, -0.15) is 5.26 Å². The van der Waals surface area contributed by atoms with Crippen molar-refractivity contribution in [3.8, 4) is 17.5 Å². The Hall–Kier alpha value is -3.78. The molecule has 0 fully saturated rings. The van der Waals surface area contributed by atoms with Crippen molar-refractivity contribution in [1.29, 1.82) is 5.26 Å². The number of aromatic nitrogens is 1. The van der Waals surface area contributed by atoms with Crippen LogP contribution in [0, 0.1) is 25.2 Å². The summed E-state index contributed by atoms with van der Waals surface area (Å²) in [5, 5.41) is 12.5. The normalized spacial score (nSPS) is 11.5. The summed E-state index contributed by atoms with van der Waals surface area (Å²) in [5.74, 6) is 0.682. The highest BCUT2D eigenvalue weighted by Crippen LogP contribution is 2.25. The Morgan fingerprint density at radius 2 is 1.76 bits per heavy atom. The molecule has 5 heteroatoms. The molecule has 0 saturated carbocycles. The standard InChI is InChI=1S/C28H31N3O2/c1-18(2)22-10-12-26(13-11-22)31-20(5)14-23(21(31)6)15-24(17-29)28(32)30-25-8-7-9-27(16-25)33-19(3)4/h7-16,18-19H,1-6H3,(H,30,32)/b24-15-. The van der Waals surface area contributed by atoms with E-state index in [4.69, 9.17) is 4.74 Å². The Kier molecular flexibility index (Phi) is 7.40. The zero-order valence-corrected chi connectivity index (χ0v) is 20.1. The molecule has 0 aliphatic rings. The third kappa shape index (κ3) is 5.72. The second-order valence-corrected chi connectivity index (χ2v) is 8.73. The molecule has 1 aromatic heterocycles. The van der Waals surface area contributed by atoms with E-state index in [1.54, 1.807) is 24.3 Å². The molecule has 0 spiro atoms. The number of hydrogen-bond acceptors (Lipinski definition) is 3. The molecular weight excluding hydrogens is 410 g/mol. The van der Waals surface area contributed by atoms with E-state index in [1.165, 1.54) is 5.56 Å². The van der Waals surface area contributed by atoms with Crippen molar-refractivity contribution >= 4 is 17.7 Å². The lowest BCUT2D eigenvalue weighted by molar-refractivity contribution is -0.112. The maximum atomic E-state index is 12.8. The summed E-state index contributed by atoms with van der Waals surface area (Å²) >= 11 is 0. The van der Waals surface area contributed by atoms with Crippen molar-refractivity contribution in [1.82, 2.24) is 4.57 Å². The van der Waals surface area contributed by atoms with E-state index in [2.05, 4.69) is 48.0 Å². The van der Waals surface area contributed by atoms with Gasteiger partial charge in [0.05, 0.1) is 6.10 Å². The first-order valence-electron chi connectivity index (χ1n) is 11.2. The molecule has 2 aromatic carbocycles. The predicted octanol–water partition coefficient (Wildman–Crippen LogP) is 6.55. The van der Waals surface area contributed by atoms with Gasteiger partial charge in [0.25, 0.3) is 5.91 Å². The third-order valence-electron chi connectivity index (χ3n) is 5.42. The molecule has 1 amide bonds. The molecule has 0 saturated heterocycles. The molecule has 0 aliphatic carbocycles. The first kappa shape index (κ1) is 23.9. The fourth-order valence-electron chi connectivity index (χ4n) is 3.76. The molecule has 0 bridgehead atoms. The van der Waals surface area contributed by atoms with E-state index in [0.29, 0.717) is 17.4 Å². The van der Waals surface area contributed by atoms with Crippen LogP contribution >= 0.6 is 0 Å². The highest BCUT2D eigenvalue weighted by Gasteiger charge is 2.15. The van der Waals surface area contributed by atoms with Crippen molar-refractivity contribution in [2.45, 2.75) is 53.6 Å². The van der Waals surface area contributed by atoms with Crippen molar-refractivity contribution < 1.29 is 9.53 Å². The van der Waals surface area contributed by atoms with Gasteiger partial charge in [0, 0.05) is 28.8 Å². The van der Waals surface area contributed by atoms with Crippen LogP contribution in [0.1, 0.15) is 56.1 Å². The van der Waals surface area contributed by atoms with E-state index in [-0.39, 0.29) is 11.7 Å². The largest absolute Gasteiger partial charge is 0.491 e. The van der Waals surface area contributed by atoms with Gasteiger partial charge in [-0.15, -0.1) is 0 Å². The van der Waals surface area contributed by atoms with Gasteiger partial charge in [0.2, 0.25) is 0 Å². The van der Waals surface area contributed by atoms with Crippen LogP contribution in [-0.2, 0) is 4.79 Å². The molecule has 33 heavy (non-hydrogen) atoms. The van der Waals surface area contributed by atoms with E-state index >= 15 is 0 Å². The van der Waals surface area contributed by atoms with E-state index in [1.807, 2.05) is 45.9 Å². The van der Waals surface area contributed by atoms with Gasteiger partial charge in [-0.3, -0.25) is 4.79 Å². The zero-order valence-electron chi connectivity index (χ0n) is 20.1. The number of nitrogens with zero attached hydrogens (tertiary/aromatic N) is 2. The summed E-state index contributed by atoms with van der Waals surface area (Å²) in [7, 11) is 0. The zero-order chi connectivity index (χ0) is 24.1. The maximum Gasteiger partial charge on any atom is 0.266 e. The summed E-state index contributed by atoms with van der Waals surface area (Å²) in [6.45, 7) is 12.2. The minimum absolute atomic E-state index is 0.0299. The number of carbonyl (C=O) groups excluding carboxylic acids is 1. The predicted molar refractivity (Wildman–Crippen MR) is 134 cm³/mol. The second kappa shape index (κ2) is 10.2. The highest BCUT2D eigenvalue weighted by molar-refractivity contribution is 6.09. The molecule has 170 valence electrons. The first-order chi connectivity index (χ1) is 15.7. The number of nitriles is 1. The number of carbonyl (C=O) groups is 1. The molecule has 1 N–H and O–H groups in total. The van der Waals surface area contributed by atoms with Crippen LogP contribution in [0.5, 0.6) is 5.75 Å². The molecule has 1 heterocycles. The molecule has 0 unspecified atom stereocenters. The maximum absolute atomic E-state index is 12.8. The first-order valence-corrected chi connectivity index (χ1v) is 11.2. The van der Waals surface area contributed by atoms with Crippen LogP contribution < -0.4 is 10.1 Å². The Balaban J connectivity index is 1.86. The minimum Gasteiger partial charge on any atom is -0.491 e. The third-order valence-corrected chi connectivity index (χ3v) is 5.42. The minimum atomic E-state index is -0.453. The highest BCUT2D eigenvalue weighted by atomic mass is 16.5. The summed E-state index contributed by atoms with van der Waals surface area (Å²) in [6.07, 6.45) is 1.67. The Bertz CT molecular complexity index is 1210. The topological polar surface area (TPSA) is 67.1 Å². The van der Waals surface area contributed by atoms with Gasteiger partial charge in [-0.25, -0.2) is 0 Å². The Labute approximate surface area is 196 Å². The fraction of sp³-hybridized carbons (Fsp3) is 0.286. The summed E-state index contributed by atoms with van der Waals surface area (Å²) in [4.78, 5) is 12.8. The van der Waals surface area contributed by atoms with Gasteiger partial charge in [-0.05, 0) is 81.1 Å². The van der Waals surface area contributed by atoms with Crippen LogP contribution in [-0.4, -0.2) is 16.6 Å². The van der Waals surface area contributed by atoms with Crippen molar-refractivity contribution in [2.24, 2.45) is 0 Å². The number of hydrogen-bond donors (Lipinski definition) is 1. The number of anilines is 1. The average Bonchev–Trinajstić information content (AvgIpc) is 3.04. The Morgan fingerprint density at radius 1 is 1.06 bits per heavy atom. The smallest absolute Gasteiger partial charge is 0.266 e. The average molecular weight is 442 g/mol. The molecular formula is C28H31N3O2. The van der Waals surface area contributed by atoms with Gasteiger partial charge in [-0.1, -0.05) is 32.0 Å². The van der Waals surface area contributed by atoms with Gasteiger partial charge >= 0.3 is 0 Å². The molecule has 5 nitrogen and oxygen atoms in total. The summed E-state index contributed by atoms with van der Waals surface area (Å²) < 4.78 is 7.81. The van der Waals surface area contributed by atoms with Crippen molar-refractivity contribution in [3.05, 3.63) is 82.7 Å². The molecule has 0 aliphatic heterocycles. The van der Waals surface area contributed by atoms with Crippen LogP contribution in [0.25, 0.3) is 11.8 Å². The number of ether oxygens (including phenoxy) is 1. The SMILES string of the molecule is Cc1cc(/C=C(/C#N)C(=O)Nc2cccc(OC(C)C)c2)c(C)n1-c1ccc(C(C)C)cc1.